The highest BCUT2D eigenvalue weighted by Gasteiger charge is 2.32. The summed E-state index contributed by atoms with van der Waals surface area (Å²) >= 11 is 0. The molecule has 5 nitrogen and oxygen atoms in total. The van der Waals surface area contributed by atoms with Crippen LogP contribution >= 0.6 is 0 Å². The van der Waals surface area contributed by atoms with Gasteiger partial charge in [-0.1, -0.05) is 6.07 Å². The number of anilines is 1. The van der Waals surface area contributed by atoms with Gasteiger partial charge in [0.25, 0.3) is 0 Å². The molecular formula is C15H22N2O3S. The average molecular weight is 310 g/mol. The smallest absolute Gasteiger partial charge is 0.243 e. The molecule has 116 valence electrons. The second kappa shape index (κ2) is 5.94. The van der Waals surface area contributed by atoms with Crippen LogP contribution in [0.15, 0.2) is 23.1 Å². The Morgan fingerprint density at radius 3 is 3.10 bits per heavy atom. The number of hydrogen-bond donors (Lipinski definition) is 1. The zero-order valence-corrected chi connectivity index (χ0v) is 13.2. The molecule has 1 aromatic carbocycles. The van der Waals surface area contributed by atoms with Gasteiger partial charge in [0.05, 0.1) is 11.5 Å². The lowest BCUT2D eigenvalue weighted by Crippen LogP contribution is -2.29. The highest BCUT2D eigenvalue weighted by atomic mass is 32.2. The summed E-state index contributed by atoms with van der Waals surface area (Å²) in [6.07, 6.45) is 2.99. The van der Waals surface area contributed by atoms with Crippen LogP contribution in [0.4, 0.5) is 5.69 Å². The van der Waals surface area contributed by atoms with E-state index in [0.29, 0.717) is 30.5 Å². The number of nitrogens with one attached hydrogen (secondary N) is 1. The zero-order chi connectivity index (χ0) is 14.9. The predicted molar refractivity (Wildman–Crippen MR) is 82.0 cm³/mol. The first-order valence-electron chi connectivity index (χ1n) is 7.47. The summed E-state index contributed by atoms with van der Waals surface area (Å²) in [5, 5.41) is 3.29. The fourth-order valence-corrected chi connectivity index (χ4v) is 4.69. The zero-order valence-electron chi connectivity index (χ0n) is 12.3. The van der Waals surface area contributed by atoms with E-state index in [-0.39, 0.29) is 0 Å². The third kappa shape index (κ3) is 2.93. The first-order valence-corrected chi connectivity index (χ1v) is 8.91. The van der Waals surface area contributed by atoms with Crippen LogP contribution in [0.2, 0.25) is 0 Å². The molecule has 1 unspecified atom stereocenters. The van der Waals surface area contributed by atoms with E-state index >= 15 is 0 Å². The molecule has 0 amide bonds. The van der Waals surface area contributed by atoms with Gasteiger partial charge in [-0.2, -0.15) is 4.31 Å². The molecule has 0 bridgehead atoms. The Hall–Kier alpha value is -1.11. The van der Waals surface area contributed by atoms with Crippen molar-refractivity contribution in [2.45, 2.75) is 24.2 Å². The van der Waals surface area contributed by atoms with Gasteiger partial charge in [-0.3, -0.25) is 0 Å². The van der Waals surface area contributed by atoms with E-state index < -0.39 is 10.0 Å². The molecule has 2 heterocycles. The second-order valence-electron chi connectivity index (χ2n) is 5.82. The lowest BCUT2D eigenvalue weighted by atomic mass is 10.0. The van der Waals surface area contributed by atoms with E-state index in [1.807, 2.05) is 6.07 Å². The fourth-order valence-electron chi connectivity index (χ4n) is 3.14. The van der Waals surface area contributed by atoms with Crippen molar-refractivity contribution in [3.63, 3.8) is 0 Å². The van der Waals surface area contributed by atoms with Crippen LogP contribution in [0.5, 0.6) is 0 Å². The first kappa shape index (κ1) is 14.8. The quantitative estimate of drug-likeness (QED) is 0.919. The van der Waals surface area contributed by atoms with Crippen molar-refractivity contribution in [3.8, 4) is 0 Å². The number of ether oxygens (including phenoxy) is 1. The number of fused-ring (bicyclic) bond motifs is 1. The summed E-state index contributed by atoms with van der Waals surface area (Å²) in [7, 11) is -1.73. The van der Waals surface area contributed by atoms with Crippen LogP contribution in [0, 0.1) is 5.92 Å². The molecule has 0 spiro atoms. The molecule has 1 N–H and O–H groups in total. The van der Waals surface area contributed by atoms with E-state index in [9.17, 15) is 8.42 Å². The summed E-state index contributed by atoms with van der Waals surface area (Å²) in [4.78, 5) is 0.397. The van der Waals surface area contributed by atoms with Crippen molar-refractivity contribution in [1.29, 1.82) is 0 Å². The Morgan fingerprint density at radius 2 is 2.29 bits per heavy atom. The topological polar surface area (TPSA) is 58.6 Å². The number of rotatable bonds is 4. The normalized spacial score (nSPS) is 22.8. The van der Waals surface area contributed by atoms with Crippen LogP contribution in [-0.4, -0.2) is 46.1 Å². The predicted octanol–water partition coefficient (Wildman–Crippen LogP) is 1.70. The number of nitrogens with zero attached hydrogens (tertiary/aromatic N) is 1. The molecule has 2 aliphatic heterocycles. The number of benzene rings is 1. The third-order valence-electron chi connectivity index (χ3n) is 4.31. The summed E-state index contributed by atoms with van der Waals surface area (Å²) in [5.74, 6) is 0.306. The summed E-state index contributed by atoms with van der Waals surface area (Å²) in [5.41, 5.74) is 2.17. The second-order valence-corrected chi connectivity index (χ2v) is 7.76. The molecule has 3 rings (SSSR count). The highest BCUT2D eigenvalue weighted by molar-refractivity contribution is 7.89. The maximum absolute atomic E-state index is 12.7. The van der Waals surface area contributed by atoms with Gasteiger partial charge in [-0.25, -0.2) is 8.42 Å². The summed E-state index contributed by atoms with van der Waals surface area (Å²) in [6.45, 7) is 2.68. The minimum Gasteiger partial charge on any atom is -0.385 e. The molecular weight excluding hydrogens is 288 g/mol. The van der Waals surface area contributed by atoms with Crippen molar-refractivity contribution in [3.05, 3.63) is 23.8 Å². The van der Waals surface area contributed by atoms with Crippen molar-refractivity contribution >= 4 is 15.7 Å². The monoisotopic (exact) mass is 310 g/mol. The van der Waals surface area contributed by atoms with Crippen LogP contribution in [-0.2, 0) is 21.2 Å². The largest absolute Gasteiger partial charge is 0.385 e. The minimum atomic E-state index is -3.39. The highest BCUT2D eigenvalue weighted by Crippen LogP contribution is 2.29. The number of sulfonamides is 1. The molecule has 0 aliphatic carbocycles. The number of aryl methyl sites for hydroxylation is 1. The molecule has 21 heavy (non-hydrogen) atoms. The molecule has 1 fully saturated rings. The number of hydrogen-bond acceptors (Lipinski definition) is 4. The minimum absolute atomic E-state index is 0.306. The van der Waals surface area contributed by atoms with Gasteiger partial charge < -0.3 is 10.1 Å². The van der Waals surface area contributed by atoms with E-state index in [1.54, 1.807) is 23.5 Å². The van der Waals surface area contributed by atoms with E-state index in [0.717, 1.165) is 31.5 Å². The average Bonchev–Trinajstić information content (AvgIpc) is 2.96. The van der Waals surface area contributed by atoms with Crippen molar-refractivity contribution in [1.82, 2.24) is 4.31 Å². The van der Waals surface area contributed by atoms with Gasteiger partial charge in [0, 0.05) is 32.4 Å². The van der Waals surface area contributed by atoms with Gasteiger partial charge in [-0.05, 0) is 42.9 Å². The molecule has 0 saturated carbocycles. The lowest BCUT2D eigenvalue weighted by molar-refractivity contribution is 0.157. The lowest BCUT2D eigenvalue weighted by Gasteiger charge is -2.21. The molecule has 1 aromatic rings. The maximum Gasteiger partial charge on any atom is 0.243 e. The standard InChI is InChI=1S/C15H22N2O3S/c1-20-11-12-6-8-17(10-12)21(18,19)14-5-4-13-3-2-7-16-15(13)9-14/h4-5,9,12,16H,2-3,6-8,10-11H2,1H3. The molecule has 6 heteroatoms. The molecule has 1 atom stereocenters. The van der Waals surface area contributed by atoms with E-state index in [1.165, 1.54) is 5.56 Å². The molecule has 2 aliphatic rings. The van der Waals surface area contributed by atoms with Gasteiger partial charge in [0.1, 0.15) is 0 Å². The van der Waals surface area contributed by atoms with Crippen LogP contribution < -0.4 is 5.32 Å². The summed E-state index contributed by atoms with van der Waals surface area (Å²) < 4.78 is 32.2. The van der Waals surface area contributed by atoms with E-state index in [2.05, 4.69) is 5.32 Å². The Bertz CT molecular complexity index is 615. The summed E-state index contributed by atoms with van der Waals surface area (Å²) in [6, 6.07) is 5.47. The number of methoxy groups -OCH3 is 1. The SMILES string of the molecule is COCC1CCN(S(=O)(=O)c2ccc3c(c2)NCCC3)C1. The van der Waals surface area contributed by atoms with Gasteiger partial charge in [0.15, 0.2) is 0 Å². The fraction of sp³-hybridized carbons (Fsp3) is 0.600. The first-order chi connectivity index (χ1) is 10.1. The van der Waals surface area contributed by atoms with Crippen LogP contribution in [0.25, 0.3) is 0 Å². The molecule has 0 aromatic heterocycles. The van der Waals surface area contributed by atoms with Gasteiger partial charge >= 0.3 is 0 Å². The van der Waals surface area contributed by atoms with Crippen molar-refractivity contribution < 1.29 is 13.2 Å². The van der Waals surface area contributed by atoms with Gasteiger partial charge in [-0.15, -0.1) is 0 Å². The van der Waals surface area contributed by atoms with E-state index in [4.69, 9.17) is 4.74 Å². The van der Waals surface area contributed by atoms with Crippen molar-refractivity contribution in [2.75, 3.05) is 38.7 Å². The van der Waals surface area contributed by atoms with Crippen molar-refractivity contribution in [2.24, 2.45) is 5.92 Å². The van der Waals surface area contributed by atoms with Crippen LogP contribution in [0.1, 0.15) is 18.4 Å². The maximum atomic E-state index is 12.7. The van der Waals surface area contributed by atoms with Gasteiger partial charge in [0.2, 0.25) is 10.0 Å². The Labute approximate surface area is 126 Å². The van der Waals surface area contributed by atoms with Crippen LogP contribution in [0.3, 0.4) is 0 Å². The molecule has 1 saturated heterocycles. The molecule has 0 radical (unpaired) electrons. The third-order valence-corrected chi connectivity index (χ3v) is 6.17. The Kier molecular flexibility index (Phi) is 4.19. The Balaban J connectivity index is 1.82. The Morgan fingerprint density at radius 1 is 1.43 bits per heavy atom.